The van der Waals surface area contributed by atoms with Gasteiger partial charge in [-0.05, 0) is 43.7 Å². The molecule has 0 bridgehead atoms. The van der Waals surface area contributed by atoms with Crippen molar-refractivity contribution in [3.8, 4) is 0 Å². The molecule has 0 amide bonds. The zero-order valence-corrected chi connectivity index (χ0v) is 9.99. The van der Waals surface area contributed by atoms with E-state index in [4.69, 9.17) is 0 Å². The van der Waals surface area contributed by atoms with Gasteiger partial charge in [-0.25, -0.2) is 0 Å². The van der Waals surface area contributed by atoms with Gasteiger partial charge in [0.1, 0.15) is 0 Å². The molecule has 1 N–H and O–H groups in total. The van der Waals surface area contributed by atoms with E-state index in [9.17, 15) is 9.90 Å². The summed E-state index contributed by atoms with van der Waals surface area (Å²) in [7, 11) is 0. The maximum Gasteiger partial charge on any atom is 0.311 e. The number of aliphatic carboxylic acids is 1. The van der Waals surface area contributed by atoms with Gasteiger partial charge >= 0.3 is 5.97 Å². The molecule has 0 fully saturated rings. The Bertz CT molecular complexity index is 393. The molecule has 0 aliphatic heterocycles. The van der Waals surface area contributed by atoms with E-state index in [2.05, 4.69) is 13.8 Å². The summed E-state index contributed by atoms with van der Waals surface area (Å²) in [5.41, 5.74) is 2.45. The van der Waals surface area contributed by atoms with Crippen molar-refractivity contribution in [3.63, 3.8) is 0 Å². The number of carboxylic acid groups (broad SMARTS) is 1. The van der Waals surface area contributed by atoms with Crippen LogP contribution in [-0.2, 0) is 17.6 Å². The van der Waals surface area contributed by atoms with Gasteiger partial charge < -0.3 is 5.11 Å². The summed E-state index contributed by atoms with van der Waals surface area (Å²) in [6, 6.07) is 0. The molecule has 1 aliphatic carbocycles. The van der Waals surface area contributed by atoms with E-state index in [1.807, 2.05) is 0 Å². The van der Waals surface area contributed by atoms with Crippen LogP contribution in [0.15, 0.2) is 0 Å². The van der Waals surface area contributed by atoms with Crippen LogP contribution in [0.4, 0.5) is 0 Å². The lowest BCUT2D eigenvalue weighted by Crippen LogP contribution is -2.17. The van der Waals surface area contributed by atoms with E-state index in [0.29, 0.717) is 0 Å². The minimum absolute atomic E-state index is 0.242. The fourth-order valence-electron chi connectivity index (χ4n) is 2.55. The molecule has 0 spiro atoms. The highest BCUT2D eigenvalue weighted by Gasteiger charge is 2.30. The van der Waals surface area contributed by atoms with Gasteiger partial charge in [-0.1, -0.05) is 6.92 Å². The Morgan fingerprint density at radius 3 is 2.93 bits per heavy atom. The Kier molecular flexibility index (Phi) is 2.83. The summed E-state index contributed by atoms with van der Waals surface area (Å²) in [4.78, 5) is 13.8. The van der Waals surface area contributed by atoms with Crippen molar-refractivity contribution in [1.82, 2.24) is 0 Å². The fraction of sp³-hybridized carbons (Fsp3) is 0.583. The van der Waals surface area contributed by atoms with Gasteiger partial charge in [-0.2, -0.15) is 0 Å². The highest BCUT2D eigenvalue weighted by Crippen LogP contribution is 2.40. The third kappa shape index (κ3) is 1.69. The number of hydrogen-bond donors (Lipinski definition) is 1. The van der Waals surface area contributed by atoms with Crippen molar-refractivity contribution in [3.05, 3.63) is 20.9 Å². The van der Waals surface area contributed by atoms with Crippen LogP contribution in [-0.4, -0.2) is 11.1 Å². The van der Waals surface area contributed by atoms with Crippen LogP contribution in [0.2, 0.25) is 0 Å². The molecule has 15 heavy (non-hydrogen) atoms. The number of hydrogen-bond acceptors (Lipinski definition) is 2. The first kappa shape index (κ1) is 10.7. The average Bonchev–Trinajstić information content (AvgIpc) is 2.52. The lowest BCUT2D eigenvalue weighted by Gasteiger charge is -2.20. The average molecular weight is 224 g/mol. The zero-order valence-electron chi connectivity index (χ0n) is 9.17. The Labute approximate surface area is 93.9 Å². The standard InChI is InChI=1S/C12H16O2S/c1-3-8-7(2)15-10-6-4-5-9(11(8)10)12(13)14/h9H,3-6H2,1-2H3,(H,13,14). The second-order valence-corrected chi connectivity index (χ2v) is 5.42. The van der Waals surface area contributed by atoms with Gasteiger partial charge in [0.15, 0.2) is 0 Å². The van der Waals surface area contributed by atoms with Crippen LogP contribution >= 0.6 is 11.3 Å². The lowest BCUT2D eigenvalue weighted by atomic mass is 9.84. The maximum atomic E-state index is 11.2. The predicted octanol–water partition coefficient (Wildman–Crippen LogP) is 3.12. The largest absolute Gasteiger partial charge is 0.481 e. The summed E-state index contributed by atoms with van der Waals surface area (Å²) in [6.07, 6.45) is 3.87. The van der Waals surface area contributed by atoms with Crippen LogP contribution in [0.3, 0.4) is 0 Å². The molecule has 1 aromatic rings. The quantitative estimate of drug-likeness (QED) is 0.838. The van der Waals surface area contributed by atoms with Crippen molar-refractivity contribution in [2.45, 2.75) is 45.4 Å². The van der Waals surface area contributed by atoms with Crippen LogP contribution < -0.4 is 0 Å². The number of fused-ring (bicyclic) bond motifs is 1. The monoisotopic (exact) mass is 224 g/mol. The highest BCUT2D eigenvalue weighted by atomic mass is 32.1. The summed E-state index contributed by atoms with van der Waals surface area (Å²) < 4.78 is 0. The maximum absolute atomic E-state index is 11.2. The van der Waals surface area contributed by atoms with Crippen molar-refractivity contribution in [1.29, 1.82) is 0 Å². The second kappa shape index (κ2) is 3.97. The van der Waals surface area contributed by atoms with Gasteiger partial charge in [-0.15, -0.1) is 11.3 Å². The molecule has 0 aromatic carbocycles. The third-order valence-electron chi connectivity index (χ3n) is 3.22. The van der Waals surface area contributed by atoms with E-state index in [1.165, 1.54) is 15.3 Å². The lowest BCUT2D eigenvalue weighted by molar-refractivity contribution is -0.139. The molecule has 1 unspecified atom stereocenters. The number of thiophene rings is 1. The van der Waals surface area contributed by atoms with Gasteiger partial charge in [0.25, 0.3) is 0 Å². The van der Waals surface area contributed by atoms with Crippen LogP contribution in [0.5, 0.6) is 0 Å². The molecule has 1 heterocycles. The predicted molar refractivity (Wildman–Crippen MR) is 61.7 cm³/mol. The van der Waals surface area contributed by atoms with Gasteiger partial charge in [-0.3, -0.25) is 4.79 Å². The highest BCUT2D eigenvalue weighted by molar-refractivity contribution is 7.12. The summed E-state index contributed by atoms with van der Waals surface area (Å²) >= 11 is 1.80. The van der Waals surface area contributed by atoms with Gasteiger partial charge in [0.05, 0.1) is 5.92 Å². The fourth-order valence-corrected chi connectivity index (χ4v) is 3.92. The smallest absolute Gasteiger partial charge is 0.311 e. The first-order valence-corrected chi connectivity index (χ1v) is 6.30. The molecule has 0 saturated heterocycles. The molecule has 1 aromatic heterocycles. The molecule has 2 nitrogen and oxygen atoms in total. The van der Waals surface area contributed by atoms with Crippen molar-refractivity contribution >= 4 is 17.3 Å². The first-order chi connectivity index (χ1) is 7.15. The molecule has 2 rings (SSSR count). The summed E-state index contributed by atoms with van der Waals surface area (Å²) in [5, 5.41) is 9.22. The number of carboxylic acids is 1. The Hall–Kier alpha value is -0.830. The minimum atomic E-state index is -0.650. The number of aryl methyl sites for hydroxylation is 2. The van der Waals surface area contributed by atoms with E-state index in [0.717, 1.165) is 31.2 Å². The molecule has 1 aliphatic rings. The molecule has 82 valence electrons. The van der Waals surface area contributed by atoms with E-state index < -0.39 is 5.97 Å². The van der Waals surface area contributed by atoms with Gasteiger partial charge in [0.2, 0.25) is 0 Å². The normalized spacial score (nSPS) is 20.0. The summed E-state index contributed by atoms with van der Waals surface area (Å²) in [6.45, 7) is 4.23. The molecule has 0 radical (unpaired) electrons. The molecule has 0 saturated carbocycles. The van der Waals surface area contributed by atoms with Crippen molar-refractivity contribution in [2.24, 2.45) is 0 Å². The Balaban J connectivity index is 2.53. The summed E-state index contributed by atoms with van der Waals surface area (Å²) in [5.74, 6) is -0.892. The minimum Gasteiger partial charge on any atom is -0.481 e. The third-order valence-corrected chi connectivity index (χ3v) is 4.45. The Morgan fingerprint density at radius 2 is 2.33 bits per heavy atom. The number of carbonyl (C=O) groups is 1. The van der Waals surface area contributed by atoms with Crippen LogP contribution in [0, 0.1) is 6.92 Å². The zero-order chi connectivity index (χ0) is 11.0. The van der Waals surface area contributed by atoms with E-state index >= 15 is 0 Å². The van der Waals surface area contributed by atoms with Gasteiger partial charge in [0, 0.05) is 9.75 Å². The van der Waals surface area contributed by atoms with Crippen molar-refractivity contribution in [2.75, 3.05) is 0 Å². The van der Waals surface area contributed by atoms with E-state index in [1.54, 1.807) is 11.3 Å². The number of rotatable bonds is 2. The molecule has 3 heteroatoms. The first-order valence-electron chi connectivity index (χ1n) is 5.49. The molecule has 1 atom stereocenters. The van der Waals surface area contributed by atoms with Crippen LogP contribution in [0.25, 0.3) is 0 Å². The van der Waals surface area contributed by atoms with Crippen LogP contribution in [0.1, 0.15) is 46.6 Å². The topological polar surface area (TPSA) is 37.3 Å². The molecular formula is C12H16O2S. The molecular weight excluding hydrogens is 208 g/mol. The SMILES string of the molecule is CCc1c(C)sc2c1C(C(=O)O)CCC2. The van der Waals surface area contributed by atoms with E-state index in [-0.39, 0.29) is 5.92 Å². The second-order valence-electron chi connectivity index (χ2n) is 4.11. The van der Waals surface area contributed by atoms with Crippen molar-refractivity contribution < 1.29 is 9.90 Å². The Morgan fingerprint density at radius 1 is 1.60 bits per heavy atom.